The van der Waals surface area contributed by atoms with Gasteiger partial charge in [0.1, 0.15) is 5.69 Å². The van der Waals surface area contributed by atoms with E-state index in [0.29, 0.717) is 29.3 Å². The molecule has 8 nitrogen and oxygen atoms in total. The van der Waals surface area contributed by atoms with Crippen LogP contribution < -0.4 is 5.32 Å². The van der Waals surface area contributed by atoms with Crippen LogP contribution in [0.2, 0.25) is 0 Å². The molecule has 1 N–H and O–H groups in total. The molecule has 12 heteroatoms. The van der Waals surface area contributed by atoms with Crippen molar-refractivity contribution in [3.05, 3.63) is 76.2 Å². The van der Waals surface area contributed by atoms with Gasteiger partial charge in [0.05, 0.1) is 22.8 Å². The van der Waals surface area contributed by atoms with Gasteiger partial charge in [-0.1, -0.05) is 17.4 Å². The van der Waals surface area contributed by atoms with Gasteiger partial charge in [0.2, 0.25) is 0 Å². The Morgan fingerprint density at radius 1 is 1.11 bits per heavy atom. The van der Waals surface area contributed by atoms with Crippen LogP contribution in [0.3, 0.4) is 0 Å². The van der Waals surface area contributed by atoms with Crippen molar-refractivity contribution in [2.75, 3.05) is 38.5 Å². The van der Waals surface area contributed by atoms with Gasteiger partial charge in [0.25, 0.3) is 5.91 Å². The Bertz CT molecular complexity index is 1490. The third-order valence-corrected chi connectivity index (χ3v) is 6.81. The van der Waals surface area contributed by atoms with Crippen molar-refractivity contribution in [3.63, 3.8) is 0 Å². The van der Waals surface area contributed by atoms with Crippen LogP contribution in [-0.4, -0.2) is 68.5 Å². The van der Waals surface area contributed by atoms with Crippen LogP contribution in [0.25, 0.3) is 5.65 Å². The van der Waals surface area contributed by atoms with Gasteiger partial charge in [0, 0.05) is 44.5 Å². The highest BCUT2D eigenvalue weighted by Gasteiger charge is 2.34. The standard InChI is InChI=1S/C25H22F3N7OS/c1-33-9-11-34(12-10-33)16-18-5-4-17(13-21(18)25(26,27)28)23(36)32-24-30-15-20(37-24)7-6-19-14-29-22-3-2-8-31-35(19)22/h2-5,8,13-15H,9-12,16H2,1H3,(H,30,32,36). The molecule has 0 spiro atoms. The van der Waals surface area contributed by atoms with Crippen molar-refractivity contribution < 1.29 is 18.0 Å². The number of nitrogens with one attached hydrogen (secondary N) is 1. The van der Waals surface area contributed by atoms with E-state index in [1.807, 2.05) is 18.0 Å². The Kier molecular flexibility index (Phi) is 6.92. The number of nitrogens with zero attached hydrogens (tertiary/aromatic N) is 6. The summed E-state index contributed by atoms with van der Waals surface area (Å²) in [6, 6.07) is 7.30. The van der Waals surface area contributed by atoms with E-state index in [1.165, 1.54) is 18.3 Å². The first-order chi connectivity index (χ1) is 17.8. The number of alkyl halides is 3. The van der Waals surface area contributed by atoms with Gasteiger partial charge in [-0.2, -0.15) is 18.3 Å². The molecule has 0 bridgehead atoms. The number of likely N-dealkylation sites (N-methyl/N-ethyl adjacent to an activating group) is 1. The van der Waals surface area contributed by atoms with E-state index in [1.54, 1.807) is 23.0 Å². The number of fused-ring (bicyclic) bond motifs is 1. The predicted octanol–water partition coefficient (Wildman–Crippen LogP) is 3.60. The number of amides is 1. The Morgan fingerprint density at radius 2 is 1.92 bits per heavy atom. The number of carbonyl (C=O) groups is 1. The van der Waals surface area contributed by atoms with Crippen molar-refractivity contribution in [1.82, 2.24) is 29.4 Å². The number of halogens is 3. The molecule has 1 saturated heterocycles. The molecule has 0 aliphatic carbocycles. The summed E-state index contributed by atoms with van der Waals surface area (Å²) in [5.74, 6) is 5.24. The Hall–Kier alpha value is -3.79. The summed E-state index contributed by atoms with van der Waals surface area (Å²) in [5, 5.41) is 7.01. The van der Waals surface area contributed by atoms with Gasteiger partial charge < -0.3 is 4.90 Å². The first-order valence-electron chi connectivity index (χ1n) is 11.5. The highest BCUT2D eigenvalue weighted by Crippen LogP contribution is 2.34. The number of thiazole rings is 1. The molecule has 1 aliphatic rings. The zero-order valence-corrected chi connectivity index (χ0v) is 20.6. The number of anilines is 1. The molecular weight excluding hydrogens is 503 g/mol. The van der Waals surface area contributed by atoms with Gasteiger partial charge in [-0.3, -0.25) is 15.0 Å². The summed E-state index contributed by atoms with van der Waals surface area (Å²) in [4.78, 5) is 25.8. The Balaban J connectivity index is 1.29. The van der Waals surface area contributed by atoms with E-state index in [0.717, 1.165) is 30.5 Å². The average molecular weight is 526 g/mol. The van der Waals surface area contributed by atoms with Crippen molar-refractivity contribution >= 4 is 28.0 Å². The molecule has 1 amide bonds. The summed E-state index contributed by atoms with van der Waals surface area (Å²) < 4.78 is 43.1. The fraction of sp³-hybridized carbons (Fsp3) is 0.280. The van der Waals surface area contributed by atoms with Crippen LogP contribution in [-0.2, 0) is 12.7 Å². The average Bonchev–Trinajstić information content (AvgIpc) is 3.50. The van der Waals surface area contributed by atoms with E-state index in [9.17, 15) is 18.0 Å². The zero-order chi connectivity index (χ0) is 26.0. The summed E-state index contributed by atoms with van der Waals surface area (Å²) in [7, 11) is 1.99. The molecule has 0 saturated carbocycles. The molecule has 4 heterocycles. The Labute approximate surface area is 214 Å². The topological polar surface area (TPSA) is 78.7 Å². The smallest absolute Gasteiger partial charge is 0.304 e. The van der Waals surface area contributed by atoms with Crippen LogP contribution in [0.15, 0.2) is 48.9 Å². The quantitative estimate of drug-likeness (QED) is 0.411. The fourth-order valence-electron chi connectivity index (χ4n) is 3.97. The normalized spacial score (nSPS) is 14.9. The molecule has 190 valence electrons. The second-order valence-electron chi connectivity index (χ2n) is 8.62. The third-order valence-electron chi connectivity index (χ3n) is 5.99. The molecule has 0 radical (unpaired) electrons. The lowest BCUT2D eigenvalue weighted by Gasteiger charge is -2.33. The van der Waals surface area contributed by atoms with Gasteiger partial charge in [-0.05, 0) is 48.7 Å². The van der Waals surface area contributed by atoms with Gasteiger partial charge in [-0.25, -0.2) is 14.5 Å². The summed E-state index contributed by atoms with van der Waals surface area (Å²) in [5.41, 5.74) is 0.519. The van der Waals surface area contributed by atoms with Crippen LogP contribution >= 0.6 is 11.3 Å². The van der Waals surface area contributed by atoms with Crippen LogP contribution in [0, 0.1) is 11.8 Å². The maximum absolute atomic E-state index is 13.8. The minimum atomic E-state index is -4.57. The molecule has 0 unspecified atom stereocenters. The molecular formula is C25H22F3N7OS. The van der Waals surface area contributed by atoms with E-state index < -0.39 is 17.6 Å². The van der Waals surface area contributed by atoms with Gasteiger partial charge >= 0.3 is 6.18 Å². The lowest BCUT2D eigenvalue weighted by Crippen LogP contribution is -2.44. The number of piperazine rings is 1. The molecule has 1 fully saturated rings. The summed E-state index contributed by atoms with van der Waals surface area (Å²) >= 11 is 1.12. The van der Waals surface area contributed by atoms with Gasteiger partial charge in [0.15, 0.2) is 10.8 Å². The van der Waals surface area contributed by atoms with Crippen molar-refractivity contribution in [3.8, 4) is 11.8 Å². The largest absolute Gasteiger partial charge is 0.416 e. The molecule has 1 aliphatic heterocycles. The number of benzene rings is 1. The Morgan fingerprint density at radius 3 is 2.70 bits per heavy atom. The predicted molar refractivity (Wildman–Crippen MR) is 133 cm³/mol. The highest BCUT2D eigenvalue weighted by molar-refractivity contribution is 7.16. The lowest BCUT2D eigenvalue weighted by molar-refractivity contribution is -0.138. The SMILES string of the molecule is CN1CCN(Cc2ccc(C(=O)Nc3ncc(C#Cc4cnc5cccnn45)s3)cc2C(F)(F)F)CC1. The number of carbonyl (C=O) groups excluding carboxylic acids is 1. The minimum absolute atomic E-state index is 0.0888. The van der Waals surface area contributed by atoms with E-state index >= 15 is 0 Å². The minimum Gasteiger partial charge on any atom is -0.304 e. The van der Waals surface area contributed by atoms with Crippen molar-refractivity contribution in [2.45, 2.75) is 12.7 Å². The van der Waals surface area contributed by atoms with E-state index in [2.05, 4.69) is 37.1 Å². The van der Waals surface area contributed by atoms with Crippen molar-refractivity contribution in [2.24, 2.45) is 0 Å². The first kappa shape index (κ1) is 24.9. The van der Waals surface area contributed by atoms with Gasteiger partial charge in [-0.15, -0.1) is 0 Å². The van der Waals surface area contributed by atoms with E-state index in [4.69, 9.17) is 0 Å². The maximum Gasteiger partial charge on any atom is 0.416 e. The lowest BCUT2D eigenvalue weighted by atomic mass is 10.0. The number of hydrogen-bond donors (Lipinski definition) is 1. The molecule has 4 aromatic rings. The first-order valence-corrected chi connectivity index (χ1v) is 12.3. The second-order valence-corrected chi connectivity index (χ2v) is 9.65. The maximum atomic E-state index is 13.8. The van der Waals surface area contributed by atoms with Crippen LogP contribution in [0.5, 0.6) is 0 Å². The summed E-state index contributed by atoms with van der Waals surface area (Å²) in [6.07, 6.45) is 0.146. The third kappa shape index (κ3) is 5.80. The highest BCUT2D eigenvalue weighted by atomic mass is 32.1. The fourth-order valence-corrected chi connectivity index (χ4v) is 4.63. The number of imidazole rings is 1. The summed E-state index contributed by atoms with van der Waals surface area (Å²) in [6.45, 7) is 3.18. The number of rotatable bonds is 4. The van der Waals surface area contributed by atoms with E-state index in [-0.39, 0.29) is 22.8 Å². The molecule has 3 aromatic heterocycles. The number of hydrogen-bond acceptors (Lipinski definition) is 7. The molecule has 37 heavy (non-hydrogen) atoms. The number of aromatic nitrogens is 4. The molecule has 0 atom stereocenters. The monoisotopic (exact) mass is 525 g/mol. The zero-order valence-electron chi connectivity index (χ0n) is 19.8. The molecule has 5 rings (SSSR count). The second kappa shape index (κ2) is 10.3. The molecule has 1 aromatic carbocycles. The van der Waals surface area contributed by atoms with Crippen LogP contribution in [0.4, 0.5) is 18.3 Å². The van der Waals surface area contributed by atoms with Crippen molar-refractivity contribution in [1.29, 1.82) is 0 Å². The van der Waals surface area contributed by atoms with Crippen LogP contribution in [0.1, 0.15) is 32.1 Å².